The number of aromatic hydroxyl groups is 1. The van der Waals surface area contributed by atoms with Crippen LogP contribution in [0.4, 0.5) is 0 Å². The SMILES string of the molecule is COCCCN1C(=O)C(=O)C(=C(O)c2ccc(Cl)cc2)[C@H]1c1ccc(O)c(OC)c1. The number of benzene rings is 2. The Morgan fingerprint density at radius 3 is 2.47 bits per heavy atom. The first-order valence-corrected chi connectivity index (χ1v) is 9.67. The monoisotopic (exact) mass is 431 g/mol. The standard InChI is InChI=1S/C22H22ClNO6/c1-29-11-3-10-24-19(14-6-9-16(25)17(12-14)30-2)18(21(27)22(24)28)20(26)13-4-7-15(23)8-5-13/h4-9,12,19,25-26H,3,10-11H2,1-2H3/t19-/m1/s1. The summed E-state index contributed by atoms with van der Waals surface area (Å²) in [6.07, 6.45) is 0.510. The van der Waals surface area contributed by atoms with Crippen LogP contribution in [-0.4, -0.2) is 54.2 Å². The number of ether oxygens (including phenoxy) is 2. The lowest BCUT2D eigenvalue weighted by molar-refractivity contribution is -0.140. The lowest BCUT2D eigenvalue weighted by Gasteiger charge is -2.25. The molecule has 0 saturated carbocycles. The summed E-state index contributed by atoms with van der Waals surface area (Å²) in [6, 6.07) is 10.0. The van der Waals surface area contributed by atoms with Crippen molar-refractivity contribution in [3.05, 3.63) is 64.2 Å². The smallest absolute Gasteiger partial charge is 0.295 e. The number of methoxy groups -OCH3 is 2. The highest BCUT2D eigenvalue weighted by molar-refractivity contribution is 6.46. The third-order valence-corrected chi connectivity index (χ3v) is 5.18. The van der Waals surface area contributed by atoms with E-state index < -0.39 is 17.7 Å². The van der Waals surface area contributed by atoms with Gasteiger partial charge >= 0.3 is 0 Å². The Hall–Kier alpha value is -3.03. The van der Waals surface area contributed by atoms with E-state index in [0.29, 0.717) is 29.2 Å². The molecule has 158 valence electrons. The molecule has 0 aromatic heterocycles. The zero-order valence-electron chi connectivity index (χ0n) is 16.6. The average molecular weight is 432 g/mol. The molecular formula is C22H22ClNO6. The first-order chi connectivity index (χ1) is 14.4. The molecule has 1 amide bonds. The minimum absolute atomic E-state index is 0.0347. The summed E-state index contributed by atoms with van der Waals surface area (Å²) in [7, 11) is 2.96. The number of phenolic OH excluding ortho intramolecular Hbond substituents is 1. The number of rotatable bonds is 7. The highest BCUT2D eigenvalue weighted by Crippen LogP contribution is 2.41. The van der Waals surface area contributed by atoms with Crippen LogP contribution in [0, 0.1) is 0 Å². The van der Waals surface area contributed by atoms with Gasteiger partial charge in [-0.3, -0.25) is 9.59 Å². The molecule has 2 aromatic carbocycles. The summed E-state index contributed by atoms with van der Waals surface area (Å²) < 4.78 is 10.2. The van der Waals surface area contributed by atoms with Crippen molar-refractivity contribution in [3.8, 4) is 11.5 Å². The van der Waals surface area contributed by atoms with Gasteiger partial charge < -0.3 is 24.6 Å². The lowest BCUT2D eigenvalue weighted by Crippen LogP contribution is -2.31. The number of halogens is 1. The zero-order chi connectivity index (χ0) is 21.8. The number of carbonyl (C=O) groups is 2. The van der Waals surface area contributed by atoms with E-state index in [4.69, 9.17) is 21.1 Å². The van der Waals surface area contributed by atoms with E-state index in [1.807, 2.05) is 0 Å². The highest BCUT2D eigenvalue weighted by Gasteiger charge is 2.46. The van der Waals surface area contributed by atoms with Crippen LogP contribution in [0.25, 0.3) is 5.76 Å². The summed E-state index contributed by atoms with van der Waals surface area (Å²) in [5.41, 5.74) is 0.856. The number of likely N-dealkylation sites (tertiary alicyclic amines) is 1. The largest absolute Gasteiger partial charge is 0.507 e. The summed E-state index contributed by atoms with van der Waals surface area (Å²) in [4.78, 5) is 27.1. The third kappa shape index (κ3) is 4.13. The van der Waals surface area contributed by atoms with Crippen molar-refractivity contribution in [2.75, 3.05) is 27.4 Å². The van der Waals surface area contributed by atoms with Crippen LogP contribution in [0.3, 0.4) is 0 Å². The second kappa shape index (κ2) is 9.19. The molecule has 1 saturated heterocycles. The molecule has 7 nitrogen and oxygen atoms in total. The number of hydrogen-bond acceptors (Lipinski definition) is 6. The Balaban J connectivity index is 2.15. The van der Waals surface area contributed by atoms with Crippen LogP contribution in [0.15, 0.2) is 48.0 Å². The number of hydrogen-bond donors (Lipinski definition) is 2. The minimum atomic E-state index is -0.841. The van der Waals surface area contributed by atoms with Crippen molar-refractivity contribution in [2.24, 2.45) is 0 Å². The number of aliphatic hydroxyl groups is 1. The average Bonchev–Trinajstić information content (AvgIpc) is 2.99. The fourth-order valence-electron chi connectivity index (χ4n) is 3.46. The van der Waals surface area contributed by atoms with Gasteiger partial charge in [0.15, 0.2) is 11.5 Å². The Bertz CT molecular complexity index is 986. The van der Waals surface area contributed by atoms with Crippen molar-refractivity contribution in [2.45, 2.75) is 12.5 Å². The number of Topliss-reactive ketones (excluding diaryl/α,β-unsaturated/α-hetero) is 1. The number of nitrogens with zero attached hydrogens (tertiary/aromatic N) is 1. The number of ketones is 1. The quantitative estimate of drug-likeness (QED) is 0.301. The molecule has 2 N–H and O–H groups in total. The molecule has 30 heavy (non-hydrogen) atoms. The fourth-order valence-corrected chi connectivity index (χ4v) is 3.59. The Morgan fingerprint density at radius 2 is 1.83 bits per heavy atom. The summed E-state index contributed by atoms with van der Waals surface area (Å²) in [5.74, 6) is -1.66. The normalized spacial score (nSPS) is 18.1. The van der Waals surface area contributed by atoms with E-state index in [9.17, 15) is 19.8 Å². The van der Waals surface area contributed by atoms with E-state index in [-0.39, 0.29) is 29.4 Å². The molecule has 8 heteroatoms. The van der Waals surface area contributed by atoms with Crippen LogP contribution in [0.1, 0.15) is 23.6 Å². The molecular weight excluding hydrogens is 410 g/mol. The van der Waals surface area contributed by atoms with Gasteiger partial charge in [-0.1, -0.05) is 17.7 Å². The van der Waals surface area contributed by atoms with Crippen molar-refractivity contribution in [1.29, 1.82) is 0 Å². The first kappa shape index (κ1) is 21.7. The second-order valence-corrected chi connectivity index (χ2v) is 7.21. The molecule has 1 aliphatic heterocycles. The topological polar surface area (TPSA) is 96.3 Å². The number of amides is 1. The van der Waals surface area contributed by atoms with Gasteiger partial charge in [0.1, 0.15) is 5.76 Å². The van der Waals surface area contributed by atoms with Crippen molar-refractivity contribution < 1.29 is 29.3 Å². The summed E-state index contributed by atoms with van der Waals surface area (Å²) in [6.45, 7) is 0.662. The van der Waals surface area contributed by atoms with E-state index >= 15 is 0 Å². The molecule has 1 aliphatic rings. The van der Waals surface area contributed by atoms with Gasteiger partial charge in [-0.05, 0) is 48.4 Å². The van der Waals surface area contributed by atoms with Crippen LogP contribution in [0.5, 0.6) is 11.5 Å². The summed E-state index contributed by atoms with van der Waals surface area (Å²) in [5, 5.41) is 21.3. The van der Waals surface area contributed by atoms with E-state index in [1.165, 1.54) is 18.1 Å². The van der Waals surface area contributed by atoms with Crippen molar-refractivity contribution in [1.82, 2.24) is 4.90 Å². The highest BCUT2D eigenvalue weighted by atomic mass is 35.5. The van der Waals surface area contributed by atoms with Gasteiger partial charge in [0.2, 0.25) is 0 Å². The van der Waals surface area contributed by atoms with Crippen LogP contribution in [-0.2, 0) is 14.3 Å². The van der Waals surface area contributed by atoms with Crippen molar-refractivity contribution in [3.63, 3.8) is 0 Å². The molecule has 3 rings (SSSR count). The molecule has 0 bridgehead atoms. The van der Waals surface area contributed by atoms with Gasteiger partial charge in [0.05, 0.1) is 18.7 Å². The Kier molecular flexibility index (Phi) is 6.64. The Morgan fingerprint density at radius 1 is 1.13 bits per heavy atom. The number of aliphatic hydroxyl groups excluding tert-OH is 1. The number of carbonyl (C=O) groups excluding carboxylic acids is 2. The fraction of sp³-hybridized carbons (Fsp3) is 0.273. The van der Waals surface area contributed by atoms with Crippen LogP contribution in [0.2, 0.25) is 5.02 Å². The predicted octanol–water partition coefficient (Wildman–Crippen LogP) is 3.51. The zero-order valence-corrected chi connectivity index (χ0v) is 17.3. The van der Waals surface area contributed by atoms with Gasteiger partial charge in [-0.2, -0.15) is 0 Å². The molecule has 0 unspecified atom stereocenters. The maximum absolute atomic E-state index is 12.9. The van der Waals surface area contributed by atoms with E-state index in [1.54, 1.807) is 43.5 Å². The molecule has 0 spiro atoms. The predicted molar refractivity (Wildman–Crippen MR) is 112 cm³/mol. The minimum Gasteiger partial charge on any atom is -0.507 e. The van der Waals surface area contributed by atoms with Crippen LogP contribution >= 0.6 is 11.6 Å². The second-order valence-electron chi connectivity index (χ2n) is 6.78. The Labute approximate surface area is 179 Å². The first-order valence-electron chi connectivity index (χ1n) is 9.29. The maximum Gasteiger partial charge on any atom is 0.295 e. The van der Waals surface area contributed by atoms with E-state index in [0.717, 1.165) is 0 Å². The lowest BCUT2D eigenvalue weighted by atomic mass is 9.95. The molecule has 2 aromatic rings. The van der Waals surface area contributed by atoms with E-state index in [2.05, 4.69) is 0 Å². The number of phenols is 1. The van der Waals surface area contributed by atoms with Gasteiger partial charge in [-0.15, -0.1) is 0 Å². The van der Waals surface area contributed by atoms with Crippen LogP contribution < -0.4 is 4.74 Å². The van der Waals surface area contributed by atoms with Crippen molar-refractivity contribution >= 4 is 29.1 Å². The molecule has 0 radical (unpaired) electrons. The summed E-state index contributed by atoms with van der Waals surface area (Å²) >= 11 is 5.92. The van der Waals surface area contributed by atoms with Gasteiger partial charge in [0, 0.05) is 30.8 Å². The molecule has 1 atom stereocenters. The maximum atomic E-state index is 12.9. The molecule has 1 heterocycles. The van der Waals surface area contributed by atoms with Gasteiger partial charge in [-0.25, -0.2) is 0 Å². The molecule has 1 fully saturated rings. The molecule has 0 aliphatic carbocycles. The third-order valence-electron chi connectivity index (χ3n) is 4.92. The van der Waals surface area contributed by atoms with Gasteiger partial charge in [0.25, 0.3) is 11.7 Å².